The average molecular weight is 312 g/mol. The maximum atomic E-state index is 11.6. The molecule has 1 aliphatic rings. The molecule has 0 aliphatic carbocycles. The van der Waals surface area contributed by atoms with Gasteiger partial charge in [-0.05, 0) is 12.8 Å². The van der Waals surface area contributed by atoms with Crippen LogP contribution in [0.2, 0.25) is 0 Å². The standard InChI is InChI=1S/C15H24N2O3S/c1-11(2)15-17-12(10-21-15)5-6-16-14(18)9-19-8-13-4-3-7-20-13/h10-11,13H,3-9H2,1-2H3,(H,16,18)/t13-/m1/s1. The number of carbonyl (C=O) groups is 1. The van der Waals surface area contributed by atoms with Crippen molar-refractivity contribution < 1.29 is 14.3 Å². The zero-order valence-corrected chi connectivity index (χ0v) is 13.6. The number of ether oxygens (including phenoxy) is 2. The molecule has 0 saturated carbocycles. The number of rotatable bonds is 8. The van der Waals surface area contributed by atoms with E-state index in [1.807, 2.05) is 0 Å². The summed E-state index contributed by atoms with van der Waals surface area (Å²) in [4.78, 5) is 16.2. The van der Waals surface area contributed by atoms with Crippen molar-refractivity contribution in [2.75, 3.05) is 26.4 Å². The minimum Gasteiger partial charge on any atom is -0.376 e. The number of nitrogens with zero attached hydrogens (tertiary/aromatic N) is 1. The Morgan fingerprint density at radius 1 is 1.62 bits per heavy atom. The minimum absolute atomic E-state index is 0.0766. The van der Waals surface area contributed by atoms with Crippen molar-refractivity contribution in [2.24, 2.45) is 0 Å². The largest absolute Gasteiger partial charge is 0.376 e. The normalized spacial score (nSPS) is 18.3. The van der Waals surface area contributed by atoms with Crippen LogP contribution < -0.4 is 5.32 Å². The Morgan fingerprint density at radius 2 is 2.48 bits per heavy atom. The van der Waals surface area contributed by atoms with Gasteiger partial charge in [-0.15, -0.1) is 11.3 Å². The number of carbonyl (C=O) groups excluding carboxylic acids is 1. The molecule has 2 heterocycles. The Morgan fingerprint density at radius 3 is 3.14 bits per heavy atom. The molecule has 0 bridgehead atoms. The number of thiazole rings is 1. The van der Waals surface area contributed by atoms with Crippen LogP contribution in [0.15, 0.2) is 5.38 Å². The third kappa shape index (κ3) is 5.73. The first-order valence-corrected chi connectivity index (χ1v) is 8.43. The van der Waals surface area contributed by atoms with Crippen LogP contribution in [0.4, 0.5) is 0 Å². The molecule has 1 fully saturated rings. The van der Waals surface area contributed by atoms with E-state index in [1.54, 1.807) is 11.3 Å². The Hall–Kier alpha value is -0.980. The number of nitrogens with one attached hydrogen (secondary N) is 1. The lowest BCUT2D eigenvalue weighted by molar-refractivity contribution is -0.126. The third-order valence-electron chi connectivity index (χ3n) is 3.33. The first-order valence-electron chi connectivity index (χ1n) is 7.55. The second kappa shape index (κ2) is 8.46. The molecule has 1 N–H and O–H groups in total. The van der Waals surface area contributed by atoms with Gasteiger partial charge in [0.05, 0.1) is 23.4 Å². The number of hydrogen-bond acceptors (Lipinski definition) is 5. The Kier molecular flexibility index (Phi) is 6.60. The van der Waals surface area contributed by atoms with Gasteiger partial charge < -0.3 is 14.8 Å². The molecule has 118 valence electrons. The fourth-order valence-corrected chi connectivity index (χ4v) is 3.01. The van der Waals surface area contributed by atoms with Gasteiger partial charge in [-0.1, -0.05) is 13.8 Å². The molecule has 1 aliphatic heterocycles. The van der Waals surface area contributed by atoms with Gasteiger partial charge in [0.1, 0.15) is 6.61 Å². The number of hydrogen-bond donors (Lipinski definition) is 1. The molecule has 0 radical (unpaired) electrons. The maximum Gasteiger partial charge on any atom is 0.246 e. The molecular formula is C15H24N2O3S. The van der Waals surface area contributed by atoms with Crippen molar-refractivity contribution >= 4 is 17.2 Å². The predicted octanol–water partition coefficient (Wildman–Crippen LogP) is 2.12. The molecule has 1 atom stereocenters. The highest BCUT2D eigenvalue weighted by Crippen LogP contribution is 2.19. The first-order chi connectivity index (χ1) is 10.1. The Labute approximate surface area is 130 Å². The van der Waals surface area contributed by atoms with Crippen molar-refractivity contribution in [3.8, 4) is 0 Å². The second-order valence-corrected chi connectivity index (χ2v) is 6.47. The van der Waals surface area contributed by atoms with Crippen molar-refractivity contribution in [3.63, 3.8) is 0 Å². The van der Waals surface area contributed by atoms with Crippen LogP contribution in [-0.2, 0) is 20.7 Å². The molecule has 1 aromatic heterocycles. The Balaban J connectivity index is 1.55. The lowest BCUT2D eigenvalue weighted by atomic mass is 10.2. The van der Waals surface area contributed by atoms with Gasteiger partial charge in [0.25, 0.3) is 0 Å². The van der Waals surface area contributed by atoms with E-state index in [0.29, 0.717) is 19.1 Å². The molecule has 0 spiro atoms. The van der Waals surface area contributed by atoms with E-state index in [1.165, 1.54) is 0 Å². The lowest BCUT2D eigenvalue weighted by Crippen LogP contribution is -2.30. The molecule has 2 rings (SSSR count). The molecule has 1 aromatic rings. The number of aromatic nitrogens is 1. The summed E-state index contributed by atoms with van der Waals surface area (Å²) in [5.41, 5.74) is 1.05. The van der Waals surface area contributed by atoms with E-state index in [4.69, 9.17) is 9.47 Å². The smallest absolute Gasteiger partial charge is 0.246 e. The zero-order valence-electron chi connectivity index (χ0n) is 12.8. The highest BCUT2D eigenvalue weighted by atomic mass is 32.1. The van der Waals surface area contributed by atoms with Crippen molar-refractivity contribution in [2.45, 2.75) is 45.1 Å². The summed E-state index contributed by atoms with van der Waals surface area (Å²) < 4.78 is 10.8. The summed E-state index contributed by atoms with van der Waals surface area (Å²) in [6.07, 6.45) is 3.05. The monoisotopic (exact) mass is 312 g/mol. The van der Waals surface area contributed by atoms with Gasteiger partial charge >= 0.3 is 0 Å². The molecule has 21 heavy (non-hydrogen) atoms. The second-order valence-electron chi connectivity index (χ2n) is 5.58. The molecule has 0 aromatic carbocycles. The third-order valence-corrected chi connectivity index (χ3v) is 4.52. The topological polar surface area (TPSA) is 60.5 Å². The lowest BCUT2D eigenvalue weighted by Gasteiger charge is -2.10. The SMILES string of the molecule is CC(C)c1nc(CCNC(=O)COC[C@H]2CCCO2)cs1. The van der Waals surface area contributed by atoms with Crippen LogP contribution in [0.3, 0.4) is 0 Å². The summed E-state index contributed by atoms with van der Waals surface area (Å²) in [6.45, 7) is 6.30. The summed E-state index contributed by atoms with van der Waals surface area (Å²) >= 11 is 1.68. The van der Waals surface area contributed by atoms with Crippen molar-refractivity contribution in [1.82, 2.24) is 10.3 Å². The fraction of sp³-hybridized carbons (Fsp3) is 0.733. The summed E-state index contributed by atoms with van der Waals surface area (Å²) in [7, 11) is 0. The highest BCUT2D eigenvalue weighted by molar-refractivity contribution is 7.09. The summed E-state index contributed by atoms with van der Waals surface area (Å²) in [5.74, 6) is 0.386. The quantitative estimate of drug-likeness (QED) is 0.799. The summed E-state index contributed by atoms with van der Waals surface area (Å²) in [6, 6.07) is 0. The van der Waals surface area contributed by atoms with E-state index in [0.717, 1.165) is 36.6 Å². The van der Waals surface area contributed by atoms with Crippen LogP contribution in [-0.4, -0.2) is 43.4 Å². The van der Waals surface area contributed by atoms with Crippen LogP contribution in [0.1, 0.15) is 43.3 Å². The first kappa shape index (κ1) is 16.4. The van der Waals surface area contributed by atoms with Crippen LogP contribution >= 0.6 is 11.3 Å². The highest BCUT2D eigenvalue weighted by Gasteiger charge is 2.15. The maximum absolute atomic E-state index is 11.6. The predicted molar refractivity (Wildman–Crippen MR) is 82.7 cm³/mol. The van der Waals surface area contributed by atoms with E-state index < -0.39 is 0 Å². The van der Waals surface area contributed by atoms with Gasteiger partial charge in [0.15, 0.2) is 0 Å². The molecule has 6 heteroatoms. The van der Waals surface area contributed by atoms with E-state index in [-0.39, 0.29) is 18.6 Å². The van der Waals surface area contributed by atoms with Gasteiger partial charge in [-0.25, -0.2) is 4.98 Å². The minimum atomic E-state index is -0.0766. The summed E-state index contributed by atoms with van der Waals surface area (Å²) in [5, 5.41) is 6.07. The van der Waals surface area contributed by atoms with Gasteiger partial charge in [-0.3, -0.25) is 4.79 Å². The van der Waals surface area contributed by atoms with Crippen LogP contribution in [0.5, 0.6) is 0 Å². The molecule has 5 nitrogen and oxygen atoms in total. The number of amides is 1. The average Bonchev–Trinajstić information content (AvgIpc) is 3.09. The molecule has 0 unspecified atom stereocenters. The van der Waals surface area contributed by atoms with E-state index in [2.05, 4.69) is 29.5 Å². The van der Waals surface area contributed by atoms with Crippen molar-refractivity contribution in [3.05, 3.63) is 16.1 Å². The van der Waals surface area contributed by atoms with Gasteiger partial charge in [0, 0.05) is 30.9 Å². The van der Waals surface area contributed by atoms with Gasteiger partial charge in [0.2, 0.25) is 5.91 Å². The molecule has 1 saturated heterocycles. The van der Waals surface area contributed by atoms with Gasteiger partial charge in [-0.2, -0.15) is 0 Å². The van der Waals surface area contributed by atoms with Crippen LogP contribution in [0, 0.1) is 0 Å². The molecular weight excluding hydrogens is 288 g/mol. The van der Waals surface area contributed by atoms with Crippen molar-refractivity contribution in [1.29, 1.82) is 0 Å². The fourth-order valence-electron chi connectivity index (χ4n) is 2.14. The Bertz CT molecular complexity index is 442. The van der Waals surface area contributed by atoms with E-state index in [9.17, 15) is 4.79 Å². The zero-order chi connectivity index (χ0) is 15.1. The molecule has 1 amide bonds. The van der Waals surface area contributed by atoms with E-state index >= 15 is 0 Å². The van der Waals surface area contributed by atoms with Crippen LogP contribution in [0.25, 0.3) is 0 Å².